The molecule has 0 aliphatic carbocycles. The number of rotatable bonds is 6. The maximum absolute atomic E-state index is 13.5. The van der Waals surface area contributed by atoms with Gasteiger partial charge in [0, 0.05) is 31.6 Å². The molecule has 3 rings (SSSR count). The number of hydrogen-bond acceptors (Lipinski definition) is 4. The van der Waals surface area contributed by atoms with Gasteiger partial charge in [-0.1, -0.05) is 19.1 Å². The van der Waals surface area contributed by atoms with Gasteiger partial charge < -0.3 is 19.4 Å². The zero-order chi connectivity index (χ0) is 21.8. The van der Waals surface area contributed by atoms with Crippen molar-refractivity contribution in [3.63, 3.8) is 0 Å². The van der Waals surface area contributed by atoms with Gasteiger partial charge in [-0.05, 0) is 54.5 Å². The Morgan fingerprint density at radius 1 is 1.23 bits per heavy atom. The van der Waals surface area contributed by atoms with Crippen LogP contribution in [0, 0.1) is 0 Å². The number of amides is 3. The molecule has 7 heteroatoms. The highest BCUT2D eigenvalue weighted by atomic mass is 32.1. The van der Waals surface area contributed by atoms with Crippen LogP contribution >= 0.6 is 11.3 Å². The van der Waals surface area contributed by atoms with Crippen molar-refractivity contribution in [3.05, 3.63) is 51.7 Å². The molecule has 162 valence electrons. The van der Waals surface area contributed by atoms with Crippen LogP contribution in [-0.4, -0.2) is 67.0 Å². The second kappa shape index (κ2) is 9.51. The second-order valence-electron chi connectivity index (χ2n) is 7.87. The Bertz CT molecular complexity index is 878. The van der Waals surface area contributed by atoms with Gasteiger partial charge in [-0.3, -0.25) is 4.79 Å². The average Bonchev–Trinajstić information content (AvgIpc) is 3.24. The lowest BCUT2D eigenvalue weighted by molar-refractivity contribution is -0.134. The summed E-state index contributed by atoms with van der Waals surface area (Å²) < 4.78 is 5.30. The molecule has 30 heavy (non-hydrogen) atoms. The molecule has 0 saturated heterocycles. The summed E-state index contributed by atoms with van der Waals surface area (Å²) in [4.78, 5) is 32.7. The second-order valence-corrected chi connectivity index (χ2v) is 8.87. The third-order valence-electron chi connectivity index (χ3n) is 5.77. The Balaban J connectivity index is 1.91. The summed E-state index contributed by atoms with van der Waals surface area (Å²) >= 11 is 1.74. The van der Waals surface area contributed by atoms with Gasteiger partial charge in [0.15, 0.2) is 0 Å². The van der Waals surface area contributed by atoms with Crippen LogP contribution < -0.4 is 4.74 Å². The molecule has 3 amide bonds. The minimum atomic E-state index is -0.147. The van der Waals surface area contributed by atoms with E-state index in [0.717, 1.165) is 24.2 Å². The van der Waals surface area contributed by atoms with Gasteiger partial charge >= 0.3 is 6.03 Å². The van der Waals surface area contributed by atoms with Crippen molar-refractivity contribution in [2.24, 2.45) is 0 Å². The molecular formula is C23H31N3O3S. The Labute approximate surface area is 183 Å². The summed E-state index contributed by atoms with van der Waals surface area (Å²) in [6, 6.07) is 9.73. The summed E-state index contributed by atoms with van der Waals surface area (Å²) in [5, 5.41) is 2.09. The minimum Gasteiger partial charge on any atom is -0.497 e. The molecule has 1 aromatic heterocycles. The standard InChI is InChI=1S/C23H31N3O3S/c1-6-16(2)26(23(28)24(3)4)15-21(27)25-13-11-20-19(12-14-30-20)22(25)17-7-9-18(29-5)10-8-17/h7-10,12,14,16,22H,6,11,13,15H2,1-5H3/t16-,22+/m0/s1. The third kappa shape index (κ3) is 4.46. The fourth-order valence-electron chi connectivity index (χ4n) is 3.86. The number of fused-ring (bicyclic) bond motifs is 1. The van der Waals surface area contributed by atoms with E-state index in [9.17, 15) is 9.59 Å². The topological polar surface area (TPSA) is 53.1 Å². The first-order chi connectivity index (χ1) is 14.4. The molecule has 1 aliphatic heterocycles. The number of benzene rings is 1. The molecular weight excluding hydrogens is 398 g/mol. The average molecular weight is 430 g/mol. The first-order valence-corrected chi connectivity index (χ1v) is 11.2. The van der Waals surface area contributed by atoms with Crippen LogP contribution in [-0.2, 0) is 11.2 Å². The predicted molar refractivity (Wildman–Crippen MR) is 120 cm³/mol. The molecule has 1 aliphatic rings. The van der Waals surface area contributed by atoms with E-state index in [-0.39, 0.29) is 30.6 Å². The molecule has 0 bridgehead atoms. The van der Waals surface area contributed by atoms with Gasteiger partial charge in [0.25, 0.3) is 0 Å². The van der Waals surface area contributed by atoms with E-state index in [4.69, 9.17) is 4.74 Å². The van der Waals surface area contributed by atoms with E-state index in [0.29, 0.717) is 6.54 Å². The highest BCUT2D eigenvalue weighted by Gasteiger charge is 2.34. The monoisotopic (exact) mass is 429 g/mol. The van der Waals surface area contributed by atoms with Crippen LogP contribution in [0.5, 0.6) is 5.75 Å². The van der Waals surface area contributed by atoms with E-state index in [2.05, 4.69) is 11.4 Å². The molecule has 0 N–H and O–H groups in total. The summed E-state index contributed by atoms with van der Waals surface area (Å²) in [7, 11) is 5.09. The lowest BCUT2D eigenvalue weighted by Crippen LogP contribution is -2.51. The molecule has 0 fully saturated rings. The first-order valence-electron chi connectivity index (χ1n) is 10.3. The Morgan fingerprint density at radius 2 is 1.93 bits per heavy atom. The van der Waals surface area contributed by atoms with E-state index in [1.165, 1.54) is 15.3 Å². The molecule has 2 aromatic rings. The zero-order valence-corrected chi connectivity index (χ0v) is 19.2. The Morgan fingerprint density at radius 3 is 2.53 bits per heavy atom. The summed E-state index contributed by atoms with van der Waals surface area (Å²) in [5.41, 5.74) is 2.23. The number of carbonyl (C=O) groups excluding carboxylic acids is 2. The fraction of sp³-hybridized carbons (Fsp3) is 0.478. The van der Waals surface area contributed by atoms with E-state index in [1.54, 1.807) is 37.4 Å². The summed E-state index contributed by atoms with van der Waals surface area (Å²) in [6.07, 6.45) is 1.64. The lowest BCUT2D eigenvalue weighted by atomic mass is 9.93. The molecule has 0 spiro atoms. The van der Waals surface area contributed by atoms with Crippen LogP contribution in [0.1, 0.15) is 42.3 Å². The number of hydrogen-bond donors (Lipinski definition) is 0. The molecule has 0 radical (unpaired) electrons. The van der Waals surface area contributed by atoms with Crippen molar-refractivity contribution in [1.29, 1.82) is 0 Å². The molecule has 6 nitrogen and oxygen atoms in total. The maximum Gasteiger partial charge on any atom is 0.320 e. The van der Waals surface area contributed by atoms with Gasteiger partial charge in [0.2, 0.25) is 5.91 Å². The van der Waals surface area contributed by atoms with Gasteiger partial charge in [0.1, 0.15) is 12.3 Å². The number of urea groups is 1. The van der Waals surface area contributed by atoms with Gasteiger partial charge in [0.05, 0.1) is 13.2 Å². The smallest absolute Gasteiger partial charge is 0.320 e. The zero-order valence-electron chi connectivity index (χ0n) is 18.4. The molecule has 1 aromatic carbocycles. The van der Waals surface area contributed by atoms with Crippen molar-refractivity contribution >= 4 is 23.3 Å². The van der Waals surface area contributed by atoms with Crippen LogP contribution in [0.2, 0.25) is 0 Å². The van der Waals surface area contributed by atoms with Crippen molar-refractivity contribution in [2.45, 2.75) is 38.8 Å². The van der Waals surface area contributed by atoms with E-state index >= 15 is 0 Å². The van der Waals surface area contributed by atoms with Crippen LogP contribution in [0.25, 0.3) is 0 Å². The van der Waals surface area contributed by atoms with Gasteiger partial charge in [-0.25, -0.2) is 4.79 Å². The number of methoxy groups -OCH3 is 1. The van der Waals surface area contributed by atoms with Crippen LogP contribution in [0.4, 0.5) is 4.79 Å². The van der Waals surface area contributed by atoms with E-state index < -0.39 is 0 Å². The quantitative estimate of drug-likeness (QED) is 0.697. The third-order valence-corrected chi connectivity index (χ3v) is 6.77. The summed E-state index contributed by atoms with van der Waals surface area (Å²) in [5.74, 6) is 0.765. The molecule has 2 atom stereocenters. The Kier molecular flexibility index (Phi) is 7.02. The molecule has 2 heterocycles. The Hall–Kier alpha value is -2.54. The number of nitrogens with zero attached hydrogens (tertiary/aromatic N) is 3. The molecule has 0 unspecified atom stereocenters. The predicted octanol–water partition coefficient (Wildman–Crippen LogP) is 4.01. The first kappa shape index (κ1) is 22.2. The number of thiophene rings is 1. The number of carbonyl (C=O) groups is 2. The number of ether oxygens (including phenoxy) is 1. The highest BCUT2D eigenvalue weighted by molar-refractivity contribution is 7.10. The van der Waals surface area contributed by atoms with Crippen molar-refractivity contribution in [3.8, 4) is 5.75 Å². The van der Waals surface area contributed by atoms with E-state index in [1.807, 2.05) is 43.0 Å². The van der Waals surface area contributed by atoms with Crippen molar-refractivity contribution < 1.29 is 14.3 Å². The van der Waals surface area contributed by atoms with Gasteiger partial charge in [-0.2, -0.15) is 0 Å². The maximum atomic E-state index is 13.5. The lowest BCUT2D eigenvalue weighted by Gasteiger charge is -2.39. The largest absolute Gasteiger partial charge is 0.497 e. The highest BCUT2D eigenvalue weighted by Crippen LogP contribution is 2.38. The van der Waals surface area contributed by atoms with Crippen LogP contribution in [0.15, 0.2) is 35.7 Å². The SMILES string of the molecule is CC[C@H](C)N(CC(=O)N1CCc2sccc2[C@H]1c1ccc(OC)cc1)C(=O)N(C)C. The fourth-order valence-corrected chi connectivity index (χ4v) is 4.76. The minimum absolute atomic E-state index is 0.00946. The normalized spacial score (nSPS) is 16.6. The van der Waals surface area contributed by atoms with Crippen molar-refractivity contribution in [1.82, 2.24) is 14.7 Å². The van der Waals surface area contributed by atoms with Crippen molar-refractivity contribution in [2.75, 3.05) is 34.3 Å². The van der Waals surface area contributed by atoms with Gasteiger partial charge in [-0.15, -0.1) is 11.3 Å². The molecule has 0 saturated carbocycles. The summed E-state index contributed by atoms with van der Waals surface area (Å²) in [6.45, 7) is 4.75. The van der Waals surface area contributed by atoms with Crippen LogP contribution in [0.3, 0.4) is 0 Å².